The summed E-state index contributed by atoms with van der Waals surface area (Å²) in [5.41, 5.74) is 3.25. The number of hydrogen-bond donors (Lipinski definition) is 0. The predicted octanol–water partition coefficient (Wildman–Crippen LogP) is 9.32. The van der Waals surface area contributed by atoms with Gasteiger partial charge in [-0.2, -0.15) is 4.39 Å². The van der Waals surface area contributed by atoms with Crippen molar-refractivity contribution in [3.05, 3.63) is 71.1 Å². The lowest BCUT2D eigenvalue weighted by Crippen LogP contribution is -2.00. The molecule has 0 spiro atoms. The maximum atomic E-state index is 14.1. The highest BCUT2D eigenvalue weighted by molar-refractivity contribution is 5.50. The van der Waals surface area contributed by atoms with E-state index < -0.39 is 11.7 Å². The molecule has 0 N–H and O–H groups in total. The molecule has 0 heterocycles. The SMILES string of the molecule is C=C(OC)/C(F)=C(/F)C(=C)C1=CC=C(/C(C)=C/CC(C)CC)CC1.CC.CCC. The molecule has 1 aliphatic rings. The third kappa shape index (κ3) is 11.0. The van der Waals surface area contributed by atoms with Gasteiger partial charge in [0.2, 0.25) is 5.83 Å². The summed E-state index contributed by atoms with van der Waals surface area (Å²) in [6.07, 6.45) is 11.0. The summed E-state index contributed by atoms with van der Waals surface area (Å²) >= 11 is 0. The molecule has 0 fully saturated rings. The van der Waals surface area contributed by atoms with Gasteiger partial charge in [-0.1, -0.05) is 91.3 Å². The smallest absolute Gasteiger partial charge is 0.200 e. The Balaban J connectivity index is 0. The molecule has 29 heavy (non-hydrogen) atoms. The topological polar surface area (TPSA) is 9.23 Å². The van der Waals surface area contributed by atoms with Crippen LogP contribution in [0.5, 0.6) is 0 Å². The molecule has 0 aromatic heterocycles. The molecular weight excluding hydrogens is 366 g/mol. The molecule has 0 radical (unpaired) electrons. The van der Waals surface area contributed by atoms with Crippen LogP contribution in [0.1, 0.15) is 80.6 Å². The van der Waals surface area contributed by atoms with E-state index in [2.05, 4.69) is 58.6 Å². The van der Waals surface area contributed by atoms with Crippen molar-refractivity contribution < 1.29 is 13.5 Å². The van der Waals surface area contributed by atoms with Gasteiger partial charge in [0.05, 0.1) is 7.11 Å². The van der Waals surface area contributed by atoms with E-state index in [1.807, 2.05) is 26.0 Å². The van der Waals surface area contributed by atoms with Gasteiger partial charge in [-0.15, -0.1) is 0 Å². The number of methoxy groups -OCH3 is 1. The normalized spacial score (nSPS) is 15.3. The Kier molecular flexibility index (Phi) is 17.2. The Hall–Kier alpha value is -1.90. The van der Waals surface area contributed by atoms with Gasteiger partial charge in [-0.25, -0.2) is 4.39 Å². The molecule has 0 aromatic rings. The van der Waals surface area contributed by atoms with Gasteiger partial charge in [0, 0.05) is 5.57 Å². The number of ether oxygens (including phenoxy) is 1. The van der Waals surface area contributed by atoms with Gasteiger partial charge in [-0.3, -0.25) is 0 Å². The summed E-state index contributed by atoms with van der Waals surface area (Å²) in [5.74, 6) is -1.76. The van der Waals surface area contributed by atoms with Crippen LogP contribution in [0.3, 0.4) is 0 Å². The zero-order chi connectivity index (χ0) is 23.0. The Labute approximate surface area is 178 Å². The highest BCUT2D eigenvalue weighted by Gasteiger charge is 2.18. The first kappa shape index (κ1) is 29.3. The minimum atomic E-state index is -1.09. The van der Waals surface area contributed by atoms with Gasteiger partial charge in [0.1, 0.15) is 5.76 Å². The minimum Gasteiger partial charge on any atom is -0.494 e. The highest BCUT2D eigenvalue weighted by atomic mass is 19.2. The van der Waals surface area contributed by atoms with Crippen LogP contribution in [0.4, 0.5) is 8.78 Å². The minimum absolute atomic E-state index is 0.0576. The molecule has 0 bridgehead atoms. The zero-order valence-electron chi connectivity index (χ0n) is 19.9. The van der Waals surface area contributed by atoms with E-state index in [1.165, 1.54) is 24.7 Å². The molecule has 1 unspecified atom stereocenters. The predicted molar refractivity (Wildman–Crippen MR) is 125 cm³/mol. The Morgan fingerprint density at radius 1 is 1.07 bits per heavy atom. The van der Waals surface area contributed by atoms with Gasteiger partial charge in [0.25, 0.3) is 0 Å². The third-order valence-electron chi connectivity index (χ3n) is 4.52. The lowest BCUT2D eigenvalue weighted by atomic mass is 9.89. The molecule has 0 saturated heterocycles. The molecule has 1 atom stereocenters. The van der Waals surface area contributed by atoms with Crippen LogP contribution in [0.15, 0.2) is 71.1 Å². The second-order valence-corrected chi connectivity index (χ2v) is 6.96. The number of hydrogen-bond acceptors (Lipinski definition) is 1. The molecule has 0 amide bonds. The number of allylic oxidation sites excluding steroid dienone is 9. The number of halogens is 2. The maximum absolute atomic E-state index is 14.1. The zero-order valence-corrected chi connectivity index (χ0v) is 19.9. The molecule has 1 aliphatic carbocycles. The average Bonchev–Trinajstić information content (AvgIpc) is 2.76. The Bertz CT molecular complexity index is 633. The summed E-state index contributed by atoms with van der Waals surface area (Å²) in [5, 5.41) is 0. The van der Waals surface area contributed by atoms with Crippen molar-refractivity contribution >= 4 is 0 Å². The fourth-order valence-electron chi connectivity index (χ4n) is 2.38. The summed E-state index contributed by atoms with van der Waals surface area (Å²) in [6, 6.07) is 0. The van der Waals surface area contributed by atoms with E-state index >= 15 is 0 Å². The van der Waals surface area contributed by atoms with Crippen molar-refractivity contribution in [3.63, 3.8) is 0 Å². The van der Waals surface area contributed by atoms with Gasteiger partial charge in [-0.05, 0) is 43.3 Å². The van der Waals surface area contributed by atoms with Crippen LogP contribution < -0.4 is 0 Å². The standard InChI is InChI=1S/C21H28F2O.C3H8.C2H6/c1-7-14(2)8-9-15(3)18-10-12-19(13-11-18)16(4)20(22)21(23)17(5)24-6;1-3-2;1-2/h9-10,12,14H,4-5,7-8,11,13H2,1-3,6H3;3H2,1-2H3;1-2H3/b15-9+,21-20-;;. The second kappa shape index (κ2) is 17.0. The van der Waals surface area contributed by atoms with Crippen LogP contribution in [0.2, 0.25) is 0 Å². The monoisotopic (exact) mass is 408 g/mol. The molecule has 0 saturated carbocycles. The van der Waals surface area contributed by atoms with Gasteiger partial charge < -0.3 is 4.74 Å². The maximum Gasteiger partial charge on any atom is 0.200 e. The van der Waals surface area contributed by atoms with Crippen LogP contribution in [0.25, 0.3) is 0 Å². The first-order valence-electron chi connectivity index (χ1n) is 10.8. The molecule has 0 aromatic carbocycles. The van der Waals surface area contributed by atoms with Gasteiger partial charge >= 0.3 is 0 Å². The average molecular weight is 409 g/mol. The Morgan fingerprint density at radius 2 is 1.55 bits per heavy atom. The van der Waals surface area contributed by atoms with E-state index in [1.54, 1.807) is 0 Å². The van der Waals surface area contributed by atoms with Crippen molar-refractivity contribution in [3.8, 4) is 0 Å². The highest BCUT2D eigenvalue weighted by Crippen LogP contribution is 2.33. The number of rotatable bonds is 8. The van der Waals surface area contributed by atoms with Crippen molar-refractivity contribution in [1.82, 2.24) is 0 Å². The molecule has 3 heteroatoms. The molecule has 1 nitrogen and oxygen atoms in total. The summed E-state index contributed by atoms with van der Waals surface area (Å²) in [4.78, 5) is 0. The first-order valence-corrected chi connectivity index (χ1v) is 10.8. The molecule has 1 rings (SSSR count). The van der Waals surface area contributed by atoms with Crippen molar-refractivity contribution in [1.29, 1.82) is 0 Å². The molecular formula is C26H42F2O. The Morgan fingerprint density at radius 3 is 1.97 bits per heavy atom. The van der Waals surface area contributed by atoms with Crippen molar-refractivity contribution in [2.75, 3.05) is 7.11 Å². The first-order chi connectivity index (χ1) is 13.7. The quantitative estimate of drug-likeness (QED) is 0.287. The van der Waals surface area contributed by atoms with Gasteiger partial charge in [0.15, 0.2) is 5.83 Å². The lowest BCUT2D eigenvalue weighted by molar-refractivity contribution is 0.281. The van der Waals surface area contributed by atoms with Crippen molar-refractivity contribution in [2.45, 2.75) is 80.6 Å². The summed E-state index contributed by atoms with van der Waals surface area (Å²) in [7, 11) is 1.25. The summed E-state index contributed by atoms with van der Waals surface area (Å²) in [6.45, 7) is 21.8. The van der Waals surface area contributed by atoms with Crippen LogP contribution >= 0.6 is 0 Å². The second-order valence-electron chi connectivity index (χ2n) is 6.96. The van der Waals surface area contributed by atoms with Crippen molar-refractivity contribution in [2.24, 2.45) is 5.92 Å². The largest absolute Gasteiger partial charge is 0.494 e. The molecule has 166 valence electrons. The summed E-state index contributed by atoms with van der Waals surface area (Å²) < 4.78 is 32.5. The van der Waals surface area contributed by atoms with Crippen LogP contribution in [0, 0.1) is 5.92 Å². The van der Waals surface area contributed by atoms with Crippen LogP contribution in [-0.4, -0.2) is 7.11 Å². The van der Waals surface area contributed by atoms with E-state index in [0.29, 0.717) is 17.9 Å². The fraction of sp³-hybridized carbons (Fsp3) is 0.538. The third-order valence-corrected chi connectivity index (χ3v) is 4.52. The van der Waals surface area contributed by atoms with E-state index in [0.717, 1.165) is 19.3 Å². The fourth-order valence-corrected chi connectivity index (χ4v) is 2.38. The molecule has 0 aliphatic heterocycles. The van der Waals surface area contributed by atoms with E-state index in [4.69, 9.17) is 0 Å². The lowest BCUT2D eigenvalue weighted by Gasteiger charge is -2.17. The van der Waals surface area contributed by atoms with Crippen LogP contribution in [-0.2, 0) is 4.74 Å². The van der Waals surface area contributed by atoms with E-state index in [-0.39, 0.29) is 11.3 Å². The van der Waals surface area contributed by atoms with E-state index in [9.17, 15) is 8.78 Å².